The Balaban J connectivity index is 0.000000219. The second-order valence-corrected chi connectivity index (χ2v) is 14.2. The molecule has 8 nitrogen and oxygen atoms in total. The molecule has 0 amide bonds. The van der Waals surface area contributed by atoms with Crippen LogP contribution in [0.25, 0.3) is 56.9 Å². The number of para-hydroxylation sites is 2. The first-order chi connectivity index (χ1) is 27.6. The number of hydrogen-bond donors (Lipinski definition) is 2. The fraction of sp³-hybridized carbons (Fsp3) is 0.184. The second-order valence-electron chi connectivity index (χ2n) is 14.2. The van der Waals surface area contributed by atoms with Gasteiger partial charge in [-0.3, -0.25) is 4.57 Å². The Kier molecular flexibility index (Phi) is 17.5. The molecule has 0 aliphatic rings. The van der Waals surface area contributed by atoms with Crippen LogP contribution in [0.1, 0.15) is 42.5 Å². The second kappa shape index (κ2) is 22.3. The summed E-state index contributed by atoms with van der Waals surface area (Å²) in [4.78, 5) is 0. The van der Waals surface area contributed by atoms with Gasteiger partial charge < -0.3 is 14.8 Å². The van der Waals surface area contributed by atoms with Crippen LogP contribution in [-0.4, -0.2) is 51.9 Å². The van der Waals surface area contributed by atoms with Crippen molar-refractivity contribution in [3.63, 3.8) is 0 Å². The summed E-state index contributed by atoms with van der Waals surface area (Å²) in [5.41, 5.74) is 11.1. The SMILES string of the molecule is CC(O)CC(C)O.Cc1cccc(C)c1-n1c(-c2[c-]cccc2)nnc1-c1ccccc1.Cc1cccc(C)c1-n1c(-c2ccccc2)nnc1-c1ccccc1.[Ir].[Ir]. The van der Waals surface area contributed by atoms with Crippen molar-refractivity contribution in [3.8, 4) is 56.9 Å². The van der Waals surface area contributed by atoms with Crippen LogP contribution in [0.3, 0.4) is 0 Å². The van der Waals surface area contributed by atoms with Crippen LogP contribution >= 0.6 is 0 Å². The number of nitrogens with zero attached hydrogens (tertiary/aromatic N) is 6. The third-order valence-electron chi connectivity index (χ3n) is 9.38. The predicted molar refractivity (Wildman–Crippen MR) is 230 cm³/mol. The van der Waals surface area contributed by atoms with E-state index in [4.69, 9.17) is 10.2 Å². The number of rotatable bonds is 8. The summed E-state index contributed by atoms with van der Waals surface area (Å²) < 4.78 is 4.32. The van der Waals surface area contributed by atoms with E-state index in [9.17, 15) is 0 Å². The van der Waals surface area contributed by atoms with Gasteiger partial charge in [-0.15, -0.1) is 51.2 Å². The molecule has 306 valence electrons. The maximum Gasteiger partial charge on any atom is 0.168 e. The molecular weight excluding hydrogens is 1090 g/mol. The molecule has 0 saturated carbocycles. The summed E-state index contributed by atoms with van der Waals surface area (Å²) in [6.45, 7) is 11.8. The van der Waals surface area contributed by atoms with E-state index in [1.807, 2.05) is 78.9 Å². The van der Waals surface area contributed by atoms with Gasteiger partial charge in [-0.1, -0.05) is 127 Å². The summed E-state index contributed by atoms with van der Waals surface area (Å²) in [5, 5.41) is 35.2. The molecule has 0 fully saturated rings. The van der Waals surface area contributed by atoms with Gasteiger partial charge in [0.25, 0.3) is 0 Å². The first-order valence-electron chi connectivity index (χ1n) is 19.2. The summed E-state index contributed by atoms with van der Waals surface area (Å²) in [5.74, 6) is 3.36. The number of aliphatic hydroxyl groups excluding tert-OH is 2. The average Bonchev–Trinajstić information content (AvgIpc) is 3.85. The standard InChI is InChI=1S/C22H19N3.C22H18N3.C5H12O2.2Ir/c2*1-16-10-9-11-17(2)20(16)25-21(18-12-5-3-6-13-18)23-24-22(25)19-14-7-4-8-15-19;1-4(6)3-5(2)7;;/h3-15H,1-2H3;3-14H,1-2H3;4-7H,3H2,1-2H3;;/q;-1;;;. The zero-order chi connectivity index (χ0) is 40.3. The number of aliphatic hydroxyl groups is 2. The van der Waals surface area contributed by atoms with E-state index in [-0.39, 0.29) is 52.4 Å². The van der Waals surface area contributed by atoms with E-state index in [0.717, 1.165) is 56.9 Å². The average molecular weight is 1140 g/mol. The van der Waals surface area contributed by atoms with Crippen molar-refractivity contribution in [1.82, 2.24) is 29.5 Å². The van der Waals surface area contributed by atoms with Crippen LogP contribution in [0.15, 0.2) is 152 Å². The summed E-state index contributed by atoms with van der Waals surface area (Å²) >= 11 is 0. The summed E-state index contributed by atoms with van der Waals surface area (Å²) in [6.07, 6.45) is -0.278. The Labute approximate surface area is 374 Å². The minimum absolute atomic E-state index is 0. The zero-order valence-electron chi connectivity index (χ0n) is 34.0. The van der Waals surface area contributed by atoms with Crippen LogP contribution in [0.5, 0.6) is 0 Å². The van der Waals surface area contributed by atoms with E-state index in [0.29, 0.717) is 6.42 Å². The minimum atomic E-state index is -0.375. The molecule has 0 spiro atoms. The number of aromatic nitrogens is 6. The van der Waals surface area contributed by atoms with E-state index in [2.05, 4.69) is 136 Å². The fourth-order valence-corrected chi connectivity index (χ4v) is 6.83. The number of hydrogen-bond acceptors (Lipinski definition) is 6. The van der Waals surface area contributed by atoms with Gasteiger partial charge in [-0.2, -0.15) is 5.10 Å². The molecule has 6 aromatic carbocycles. The van der Waals surface area contributed by atoms with Crippen LogP contribution < -0.4 is 0 Å². The Morgan fingerprint density at radius 3 is 1.07 bits per heavy atom. The van der Waals surface area contributed by atoms with Crippen LogP contribution in [0.2, 0.25) is 0 Å². The molecule has 0 bridgehead atoms. The van der Waals surface area contributed by atoms with Crippen molar-refractivity contribution >= 4 is 0 Å². The molecule has 2 atom stereocenters. The first-order valence-corrected chi connectivity index (χ1v) is 19.2. The molecule has 0 saturated heterocycles. The molecule has 0 aliphatic heterocycles. The largest absolute Gasteiger partial charge is 0.393 e. The quantitative estimate of drug-likeness (QED) is 0.147. The van der Waals surface area contributed by atoms with Crippen LogP contribution in [-0.2, 0) is 40.2 Å². The summed E-state index contributed by atoms with van der Waals surface area (Å²) in [7, 11) is 0. The smallest absolute Gasteiger partial charge is 0.168 e. The van der Waals surface area contributed by atoms with Gasteiger partial charge in [-0.05, 0) is 70.2 Å². The van der Waals surface area contributed by atoms with Crippen molar-refractivity contribution in [2.45, 2.75) is 60.2 Å². The first kappa shape index (κ1) is 46.5. The van der Waals surface area contributed by atoms with Crippen molar-refractivity contribution in [2.24, 2.45) is 0 Å². The molecule has 10 heteroatoms. The van der Waals surface area contributed by atoms with Gasteiger partial charge in [-0.25, -0.2) is 0 Å². The predicted octanol–water partition coefficient (Wildman–Crippen LogP) is 10.4. The van der Waals surface area contributed by atoms with E-state index < -0.39 is 0 Å². The van der Waals surface area contributed by atoms with Crippen molar-refractivity contribution in [3.05, 3.63) is 180 Å². The third-order valence-corrected chi connectivity index (χ3v) is 9.38. The van der Waals surface area contributed by atoms with Crippen molar-refractivity contribution in [2.75, 3.05) is 0 Å². The molecule has 2 radical (unpaired) electrons. The molecule has 8 rings (SSSR count). The zero-order valence-corrected chi connectivity index (χ0v) is 38.8. The van der Waals surface area contributed by atoms with Gasteiger partial charge in [0.2, 0.25) is 0 Å². The normalized spacial score (nSPS) is 11.4. The van der Waals surface area contributed by atoms with E-state index in [1.165, 1.54) is 22.3 Å². The molecule has 2 N–H and O–H groups in total. The molecule has 2 heterocycles. The van der Waals surface area contributed by atoms with E-state index >= 15 is 0 Å². The van der Waals surface area contributed by atoms with Crippen molar-refractivity contribution < 1.29 is 50.4 Å². The number of aryl methyl sites for hydroxylation is 4. The monoisotopic (exact) mass is 1140 g/mol. The molecule has 8 aromatic rings. The fourth-order valence-electron chi connectivity index (χ4n) is 6.83. The van der Waals surface area contributed by atoms with Crippen molar-refractivity contribution in [1.29, 1.82) is 0 Å². The Morgan fingerprint density at radius 1 is 0.441 bits per heavy atom. The molecule has 2 unspecified atom stereocenters. The van der Waals surface area contributed by atoms with Gasteiger partial charge >= 0.3 is 0 Å². The number of benzene rings is 6. The van der Waals surface area contributed by atoms with Crippen LogP contribution in [0, 0.1) is 33.8 Å². The molecule has 0 aliphatic carbocycles. The molecule has 2 aromatic heterocycles. The maximum absolute atomic E-state index is 8.56. The minimum Gasteiger partial charge on any atom is -0.393 e. The molecular formula is C49H49Ir2N6O2-. The Hall–Kier alpha value is -5.18. The third kappa shape index (κ3) is 11.5. The Bertz CT molecular complexity index is 2160. The van der Waals surface area contributed by atoms with Crippen LogP contribution in [0.4, 0.5) is 0 Å². The Morgan fingerprint density at radius 2 is 0.763 bits per heavy atom. The van der Waals surface area contributed by atoms with Gasteiger partial charge in [0.15, 0.2) is 17.5 Å². The molecule has 59 heavy (non-hydrogen) atoms. The van der Waals surface area contributed by atoms with E-state index in [1.54, 1.807) is 13.8 Å². The maximum atomic E-state index is 8.56. The topological polar surface area (TPSA) is 102 Å². The van der Waals surface area contributed by atoms with Gasteiger partial charge in [0, 0.05) is 62.6 Å². The summed E-state index contributed by atoms with van der Waals surface area (Å²) in [6, 6.07) is 54.4. The van der Waals surface area contributed by atoms with Gasteiger partial charge in [0.1, 0.15) is 0 Å². The van der Waals surface area contributed by atoms with Gasteiger partial charge in [0.05, 0.1) is 23.7 Å².